The van der Waals surface area contributed by atoms with Crippen LogP contribution in [0, 0.1) is 0 Å². The minimum Gasteiger partial charge on any atom is -0.359 e. The predicted octanol–water partition coefficient (Wildman–Crippen LogP) is -0.512. The molecule has 0 fully saturated rings. The van der Waals surface area contributed by atoms with E-state index in [0.717, 1.165) is 4.68 Å². The first-order chi connectivity index (χ1) is 6.69. The Balaban J connectivity index is 3.05. The zero-order valence-electron chi connectivity index (χ0n) is 8.24. The van der Waals surface area contributed by atoms with Crippen LogP contribution in [0.3, 0.4) is 0 Å². The number of aromatic amines is 1. The smallest absolute Gasteiger partial charge is 0.346 e. The fourth-order valence-corrected chi connectivity index (χ4v) is 0.967. The monoisotopic (exact) mass is 199 g/mol. The second kappa shape index (κ2) is 4.71. The van der Waals surface area contributed by atoms with Crippen molar-refractivity contribution in [1.29, 1.82) is 0 Å². The molecule has 0 aliphatic carbocycles. The molecule has 6 nitrogen and oxygen atoms in total. The molecule has 6 heteroatoms. The lowest BCUT2D eigenvalue weighted by atomic mass is 10.4. The van der Waals surface area contributed by atoms with Gasteiger partial charge in [0, 0.05) is 6.61 Å². The summed E-state index contributed by atoms with van der Waals surface area (Å²) >= 11 is 0. The average molecular weight is 199 g/mol. The van der Waals surface area contributed by atoms with Crippen LogP contribution in [-0.4, -0.2) is 21.4 Å². The number of rotatable bonds is 4. The first-order valence-electron chi connectivity index (χ1n) is 4.47. The second-order valence-electron chi connectivity index (χ2n) is 2.68. The molecular formula is C8H13N3O3. The molecule has 1 rings (SSSR count). The van der Waals surface area contributed by atoms with Gasteiger partial charge >= 0.3 is 5.69 Å². The summed E-state index contributed by atoms with van der Waals surface area (Å²) in [5, 5.41) is 3.86. The third kappa shape index (κ3) is 2.29. The highest BCUT2D eigenvalue weighted by molar-refractivity contribution is 4.91. The van der Waals surface area contributed by atoms with Crippen LogP contribution in [0.15, 0.2) is 9.59 Å². The average Bonchev–Trinajstić information content (AvgIpc) is 2.17. The maximum absolute atomic E-state index is 11.2. The zero-order valence-corrected chi connectivity index (χ0v) is 8.24. The summed E-state index contributed by atoms with van der Waals surface area (Å²) in [5.41, 5.74) is -0.629. The molecule has 0 atom stereocenters. The first kappa shape index (κ1) is 10.6. The van der Waals surface area contributed by atoms with Crippen molar-refractivity contribution < 1.29 is 4.74 Å². The Hall–Kier alpha value is -1.43. The highest BCUT2D eigenvalue weighted by Crippen LogP contribution is 1.83. The normalized spacial score (nSPS) is 10.4. The SMILES string of the molecule is CCOCn1nc(CC)c(=O)[nH]c1=O. The van der Waals surface area contributed by atoms with Gasteiger partial charge in [0.05, 0.1) is 0 Å². The third-order valence-corrected chi connectivity index (χ3v) is 1.71. The van der Waals surface area contributed by atoms with Crippen LogP contribution >= 0.6 is 0 Å². The van der Waals surface area contributed by atoms with Crippen molar-refractivity contribution in [1.82, 2.24) is 14.8 Å². The van der Waals surface area contributed by atoms with Gasteiger partial charge in [0.15, 0.2) is 0 Å². The van der Waals surface area contributed by atoms with E-state index < -0.39 is 11.2 Å². The van der Waals surface area contributed by atoms with Crippen LogP contribution in [0.5, 0.6) is 0 Å². The largest absolute Gasteiger partial charge is 0.359 e. The number of aromatic nitrogens is 3. The molecule has 14 heavy (non-hydrogen) atoms. The topological polar surface area (TPSA) is 77.0 Å². The van der Waals surface area contributed by atoms with E-state index in [1.54, 1.807) is 6.92 Å². The predicted molar refractivity (Wildman–Crippen MR) is 50.1 cm³/mol. The Kier molecular flexibility index (Phi) is 3.58. The van der Waals surface area contributed by atoms with E-state index in [-0.39, 0.29) is 6.73 Å². The van der Waals surface area contributed by atoms with Gasteiger partial charge in [0.1, 0.15) is 12.4 Å². The summed E-state index contributed by atoms with van der Waals surface area (Å²) in [5.74, 6) is 0. The van der Waals surface area contributed by atoms with Crippen LogP contribution in [0.1, 0.15) is 19.5 Å². The molecule has 0 aliphatic heterocycles. The van der Waals surface area contributed by atoms with Gasteiger partial charge < -0.3 is 4.74 Å². The number of ether oxygens (including phenoxy) is 1. The van der Waals surface area contributed by atoms with Crippen LogP contribution in [-0.2, 0) is 17.9 Å². The molecule has 0 spiro atoms. The summed E-state index contributed by atoms with van der Waals surface area (Å²) in [6.07, 6.45) is 0.488. The van der Waals surface area contributed by atoms with Gasteiger partial charge in [-0.3, -0.25) is 9.78 Å². The molecule has 1 aromatic rings. The lowest BCUT2D eigenvalue weighted by molar-refractivity contribution is 0.0736. The van der Waals surface area contributed by atoms with E-state index in [1.165, 1.54) is 0 Å². The fourth-order valence-electron chi connectivity index (χ4n) is 0.967. The van der Waals surface area contributed by atoms with Gasteiger partial charge in [-0.05, 0) is 13.3 Å². The van der Waals surface area contributed by atoms with Crippen molar-refractivity contribution in [2.75, 3.05) is 6.61 Å². The van der Waals surface area contributed by atoms with Crippen LogP contribution in [0.4, 0.5) is 0 Å². The molecule has 0 amide bonds. The van der Waals surface area contributed by atoms with Gasteiger partial charge in [-0.1, -0.05) is 6.92 Å². The molecule has 1 aromatic heterocycles. The third-order valence-electron chi connectivity index (χ3n) is 1.71. The van der Waals surface area contributed by atoms with Crippen molar-refractivity contribution in [3.8, 4) is 0 Å². The number of aryl methyl sites for hydroxylation is 1. The van der Waals surface area contributed by atoms with E-state index >= 15 is 0 Å². The van der Waals surface area contributed by atoms with Crippen molar-refractivity contribution >= 4 is 0 Å². The number of nitrogens with zero attached hydrogens (tertiary/aromatic N) is 2. The quantitative estimate of drug-likeness (QED) is 0.708. The van der Waals surface area contributed by atoms with Crippen molar-refractivity contribution in [2.45, 2.75) is 27.0 Å². The first-order valence-corrected chi connectivity index (χ1v) is 4.47. The lowest BCUT2D eigenvalue weighted by Gasteiger charge is -2.04. The van der Waals surface area contributed by atoms with Gasteiger partial charge in [-0.25, -0.2) is 4.79 Å². The molecule has 0 bridgehead atoms. The Morgan fingerprint density at radius 1 is 1.43 bits per heavy atom. The fraction of sp³-hybridized carbons (Fsp3) is 0.625. The minimum absolute atomic E-state index is 0.0686. The van der Waals surface area contributed by atoms with E-state index in [0.29, 0.717) is 18.7 Å². The molecule has 78 valence electrons. The maximum atomic E-state index is 11.2. The van der Waals surface area contributed by atoms with Gasteiger partial charge in [-0.15, -0.1) is 0 Å². The van der Waals surface area contributed by atoms with Crippen molar-refractivity contribution in [3.05, 3.63) is 26.5 Å². The Morgan fingerprint density at radius 3 is 2.71 bits per heavy atom. The van der Waals surface area contributed by atoms with E-state index in [9.17, 15) is 9.59 Å². The standard InChI is InChI=1S/C8H13N3O3/c1-3-6-7(12)9-8(13)11(10-6)5-14-4-2/h3-5H2,1-2H3,(H,9,12,13). The van der Waals surface area contributed by atoms with Crippen LogP contribution < -0.4 is 11.2 Å². The lowest BCUT2D eigenvalue weighted by Crippen LogP contribution is -2.35. The number of hydrogen-bond donors (Lipinski definition) is 1. The number of nitrogens with one attached hydrogen (secondary N) is 1. The Morgan fingerprint density at radius 2 is 2.14 bits per heavy atom. The summed E-state index contributed by atoms with van der Waals surface area (Å²) in [4.78, 5) is 24.5. The summed E-state index contributed by atoms with van der Waals surface area (Å²) in [6.45, 7) is 4.18. The molecule has 0 saturated heterocycles. The van der Waals surface area contributed by atoms with E-state index in [4.69, 9.17) is 4.74 Å². The highest BCUT2D eigenvalue weighted by Gasteiger charge is 2.03. The highest BCUT2D eigenvalue weighted by atomic mass is 16.5. The number of hydrogen-bond acceptors (Lipinski definition) is 4. The number of H-pyrrole nitrogens is 1. The molecule has 0 saturated carbocycles. The van der Waals surface area contributed by atoms with Gasteiger partial charge in [-0.2, -0.15) is 9.78 Å². The van der Waals surface area contributed by atoms with Crippen molar-refractivity contribution in [3.63, 3.8) is 0 Å². The zero-order chi connectivity index (χ0) is 10.6. The summed E-state index contributed by atoms with van der Waals surface area (Å²) in [6, 6.07) is 0. The minimum atomic E-state index is -0.541. The summed E-state index contributed by atoms with van der Waals surface area (Å²) in [7, 11) is 0. The van der Waals surface area contributed by atoms with Crippen molar-refractivity contribution in [2.24, 2.45) is 0 Å². The molecule has 0 aliphatic rings. The van der Waals surface area contributed by atoms with Gasteiger partial charge in [0.25, 0.3) is 5.56 Å². The second-order valence-corrected chi connectivity index (χ2v) is 2.68. The maximum Gasteiger partial charge on any atom is 0.346 e. The summed E-state index contributed by atoms with van der Waals surface area (Å²) < 4.78 is 6.12. The molecule has 0 unspecified atom stereocenters. The van der Waals surface area contributed by atoms with E-state index in [2.05, 4.69) is 10.1 Å². The Bertz CT molecular complexity index is 407. The van der Waals surface area contributed by atoms with E-state index in [1.807, 2.05) is 6.92 Å². The molecular weight excluding hydrogens is 186 g/mol. The molecule has 1 N–H and O–H groups in total. The van der Waals surface area contributed by atoms with Crippen LogP contribution in [0.25, 0.3) is 0 Å². The molecule has 0 radical (unpaired) electrons. The molecule has 0 aromatic carbocycles. The Labute approximate surface area is 80.5 Å². The van der Waals surface area contributed by atoms with Crippen LogP contribution in [0.2, 0.25) is 0 Å². The molecule has 1 heterocycles. The van der Waals surface area contributed by atoms with Gasteiger partial charge in [0.2, 0.25) is 0 Å².